The molecule has 1 aromatic heterocycles. The van der Waals surface area contributed by atoms with Crippen LogP contribution in [0.3, 0.4) is 0 Å². The summed E-state index contributed by atoms with van der Waals surface area (Å²) in [5, 5.41) is 4.74. The molecule has 1 radical (unpaired) electrons. The zero-order chi connectivity index (χ0) is 13.2. The SMILES string of the molecule is Cc1nn(-c2[c-]cccc2)c(C)c1C1CCCCC1.[Ir]. The summed E-state index contributed by atoms with van der Waals surface area (Å²) in [5.41, 5.74) is 5.02. The number of aromatic nitrogens is 2. The van der Waals surface area contributed by atoms with Gasteiger partial charge >= 0.3 is 0 Å². The largest absolute Gasteiger partial charge is 0.262 e. The van der Waals surface area contributed by atoms with Crippen LogP contribution in [0.5, 0.6) is 0 Å². The first-order valence-corrected chi connectivity index (χ1v) is 7.30. The summed E-state index contributed by atoms with van der Waals surface area (Å²) in [6.45, 7) is 4.35. The van der Waals surface area contributed by atoms with E-state index in [2.05, 4.69) is 30.7 Å². The Morgan fingerprint density at radius 2 is 1.90 bits per heavy atom. The first kappa shape index (κ1) is 15.5. The van der Waals surface area contributed by atoms with E-state index in [0.717, 1.165) is 5.69 Å². The fourth-order valence-electron chi connectivity index (χ4n) is 3.39. The molecule has 2 aromatic rings. The third-order valence-electron chi connectivity index (χ3n) is 4.28. The second-order valence-corrected chi connectivity index (χ2v) is 5.58. The van der Waals surface area contributed by atoms with Crippen LogP contribution in [0.2, 0.25) is 0 Å². The second-order valence-electron chi connectivity index (χ2n) is 5.58. The minimum atomic E-state index is 0. The van der Waals surface area contributed by atoms with Gasteiger partial charge in [0.15, 0.2) is 0 Å². The molecule has 0 aliphatic heterocycles. The van der Waals surface area contributed by atoms with E-state index >= 15 is 0 Å². The van der Waals surface area contributed by atoms with E-state index in [1.54, 1.807) is 0 Å². The number of para-hydroxylation sites is 1. The van der Waals surface area contributed by atoms with Crippen molar-refractivity contribution in [3.05, 3.63) is 47.3 Å². The van der Waals surface area contributed by atoms with Gasteiger partial charge in [0, 0.05) is 25.8 Å². The molecule has 0 amide bonds. The molecule has 1 fully saturated rings. The van der Waals surface area contributed by atoms with Gasteiger partial charge in [0.25, 0.3) is 0 Å². The number of nitrogens with zero attached hydrogens (tertiary/aromatic N) is 2. The van der Waals surface area contributed by atoms with Crippen LogP contribution in [-0.4, -0.2) is 9.78 Å². The molecular weight excluding hydrogens is 424 g/mol. The quantitative estimate of drug-likeness (QED) is 0.629. The van der Waals surface area contributed by atoms with Crippen molar-refractivity contribution in [2.45, 2.75) is 51.9 Å². The Bertz CT molecular complexity index is 554. The van der Waals surface area contributed by atoms with Gasteiger partial charge in [-0.15, -0.1) is 6.07 Å². The molecule has 0 saturated heterocycles. The molecule has 0 N–H and O–H groups in total. The zero-order valence-electron chi connectivity index (χ0n) is 12.2. The van der Waals surface area contributed by atoms with Crippen molar-refractivity contribution in [2.24, 2.45) is 0 Å². The molecule has 1 aliphatic rings. The minimum absolute atomic E-state index is 0. The van der Waals surface area contributed by atoms with Gasteiger partial charge < -0.3 is 0 Å². The molecule has 1 aliphatic carbocycles. The second kappa shape index (κ2) is 6.69. The molecule has 109 valence electrons. The van der Waals surface area contributed by atoms with Crippen LogP contribution in [0.25, 0.3) is 5.69 Å². The Labute approximate surface area is 134 Å². The first-order chi connectivity index (χ1) is 9.27. The standard InChI is InChI=1S/C17H21N2.Ir/c1-13-17(15-9-5-3-6-10-15)14(2)19(18-13)16-11-7-4-8-12-16;/h4,7-8,11,15H,3,5-6,9-10H2,1-2H3;/q-1;. The maximum atomic E-state index is 4.74. The predicted molar refractivity (Wildman–Crippen MR) is 77.7 cm³/mol. The summed E-state index contributed by atoms with van der Waals surface area (Å²) in [7, 11) is 0. The molecule has 20 heavy (non-hydrogen) atoms. The summed E-state index contributed by atoms with van der Waals surface area (Å²) in [6.07, 6.45) is 6.78. The molecule has 3 rings (SSSR count). The van der Waals surface area contributed by atoms with Gasteiger partial charge in [-0.25, -0.2) is 0 Å². The fraction of sp³-hybridized carbons (Fsp3) is 0.471. The molecule has 0 spiro atoms. The molecule has 1 heterocycles. The van der Waals surface area contributed by atoms with E-state index in [0.29, 0.717) is 5.92 Å². The first-order valence-electron chi connectivity index (χ1n) is 7.30. The number of hydrogen-bond donors (Lipinski definition) is 0. The van der Waals surface area contributed by atoms with E-state index in [4.69, 9.17) is 5.10 Å². The van der Waals surface area contributed by atoms with E-state index < -0.39 is 0 Å². The van der Waals surface area contributed by atoms with Crippen LogP contribution in [0.1, 0.15) is 55.0 Å². The summed E-state index contributed by atoms with van der Waals surface area (Å²) < 4.78 is 2.05. The summed E-state index contributed by atoms with van der Waals surface area (Å²) >= 11 is 0. The number of aryl methyl sites for hydroxylation is 1. The van der Waals surface area contributed by atoms with Crippen LogP contribution in [0, 0.1) is 19.9 Å². The minimum Gasteiger partial charge on any atom is -0.262 e. The molecule has 0 unspecified atom stereocenters. The van der Waals surface area contributed by atoms with Gasteiger partial charge in [0.2, 0.25) is 0 Å². The van der Waals surface area contributed by atoms with Crippen molar-refractivity contribution < 1.29 is 20.1 Å². The van der Waals surface area contributed by atoms with Gasteiger partial charge in [0.05, 0.1) is 5.69 Å². The van der Waals surface area contributed by atoms with Crippen molar-refractivity contribution in [3.63, 3.8) is 0 Å². The van der Waals surface area contributed by atoms with Crippen molar-refractivity contribution in [1.82, 2.24) is 9.78 Å². The van der Waals surface area contributed by atoms with Crippen molar-refractivity contribution in [2.75, 3.05) is 0 Å². The molecular formula is C17H21IrN2-. The Morgan fingerprint density at radius 1 is 1.15 bits per heavy atom. The monoisotopic (exact) mass is 446 g/mol. The van der Waals surface area contributed by atoms with Gasteiger partial charge in [-0.05, 0) is 43.9 Å². The topological polar surface area (TPSA) is 17.8 Å². The molecule has 2 nitrogen and oxygen atoms in total. The average molecular weight is 446 g/mol. The van der Waals surface area contributed by atoms with Gasteiger partial charge in [-0.3, -0.25) is 4.68 Å². The van der Waals surface area contributed by atoms with Crippen molar-refractivity contribution in [3.8, 4) is 5.69 Å². The normalized spacial score (nSPS) is 15.9. The Hall–Kier alpha value is -0.921. The fourth-order valence-corrected chi connectivity index (χ4v) is 3.39. The number of hydrogen-bond acceptors (Lipinski definition) is 1. The van der Waals surface area contributed by atoms with Crippen LogP contribution in [0.4, 0.5) is 0 Å². The molecule has 3 heteroatoms. The van der Waals surface area contributed by atoms with Gasteiger partial charge in [0.1, 0.15) is 0 Å². The molecule has 0 bridgehead atoms. The van der Waals surface area contributed by atoms with E-state index in [9.17, 15) is 0 Å². The van der Waals surface area contributed by atoms with E-state index in [1.165, 1.54) is 49.1 Å². The van der Waals surface area contributed by atoms with E-state index in [1.807, 2.05) is 18.2 Å². The summed E-state index contributed by atoms with van der Waals surface area (Å²) in [4.78, 5) is 0. The molecule has 1 aromatic carbocycles. The predicted octanol–water partition coefficient (Wildman–Crippen LogP) is 4.33. The number of benzene rings is 1. The molecule has 1 saturated carbocycles. The smallest absolute Gasteiger partial charge is 0.0634 e. The van der Waals surface area contributed by atoms with Crippen LogP contribution in [-0.2, 0) is 20.1 Å². The third-order valence-corrected chi connectivity index (χ3v) is 4.28. The zero-order valence-corrected chi connectivity index (χ0v) is 14.5. The number of rotatable bonds is 2. The maximum absolute atomic E-state index is 4.74. The van der Waals surface area contributed by atoms with Gasteiger partial charge in [-0.1, -0.05) is 19.3 Å². The van der Waals surface area contributed by atoms with Crippen molar-refractivity contribution >= 4 is 0 Å². The summed E-state index contributed by atoms with van der Waals surface area (Å²) in [6, 6.07) is 11.3. The van der Waals surface area contributed by atoms with Crippen LogP contribution in [0.15, 0.2) is 24.3 Å². The van der Waals surface area contributed by atoms with E-state index in [-0.39, 0.29) is 20.1 Å². The Morgan fingerprint density at radius 3 is 2.55 bits per heavy atom. The van der Waals surface area contributed by atoms with Crippen LogP contribution < -0.4 is 0 Å². The van der Waals surface area contributed by atoms with Crippen molar-refractivity contribution in [1.29, 1.82) is 0 Å². The Kier molecular flexibility index (Phi) is 5.17. The maximum Gasteiger partial charge on any atom is 0.0634 e. The average Bonchev–Trinajstić information content (AvgIpc) is 2.76. The third kappa shape index (κ3) is 2.89. The van der Waals surface area contributed by atoms with Crippen LogP contribution >= 0.6 is 0 Å². The van der Waals surface area contributed by atoms with Gasteiger partial charge in [-0.2, -0.15) is 29.4 Å². The molecule has 0 atom stereocenters. The summed E-state index contributed by atoms with van der Waals surface area (Å²) in [5.74, 6) is 0.714. The Balaban J connectivity index is 0.00000147.